The number of aromatic nitrogens is 1. The van der Waals surface area contributed by atoms with Gasteiger partial charge >= 0.3 is 6.18 Å². The van der Waals surface area contributed by atoms with Gasteiger partial charge in [0.2, 0.25) is 0 Å². The number of rotatable bonds is 1. The third kappa shape index (κ3) is 2.81. The van der Waals surface area contributed by atoms with Crippen molar-refractivity contribution in [1.82, 2.24) is 4.98 Å². The summed E-state index contributed by atoms with van der Waals surface area (Å²) in [5.41, 5.74) is -1.28. The summed E-state index contributed by atoms with van der Waals surface area (Å²) >= 11 is 17.6. The monoisotopic (exact) mass is 325 g/mol. The molecule has 0 spiro atoms. The normalized spacial score (nSPS) is 11.7. The summed E-state index contributed by atoms with van der Waals surface area (Å²) in [6.07, 6.45) is -3.32. The highest BCUT2D eigenvalue weighted by molar-refractivity contribution is 6.46. The summed E-state index contributed by atoms with van der Waals surface area (Å²) in [5, 5.41) is 0.108. The quantitative estimate of drug-likeness (QED) is 0.610. The average Bonchev–Trinajstić information content (AvgIpc) is 2.34. The van der Waals surface area contributed by atoms with E-state index in [9.17, 15) is 13.2 Å². The van der Waals surface area contributed by atoms with Crippen molar-refractivity contribution in [3.8, 4) is 11.3 Å². The van der Waals surface area contributed by atoms with Crippen molar-refractivity contribution in [2.75, 3.05) is 0 Å². The first-order chi connectivity index (χ1) is 8.82. The lowest BCUT2D eigenvalue weighted by molar-refractivity contribution is -0.137. The molecule has 1 nitrogen and oxygen atoms in total. The largest absolute Gasteiger partial charge is 0.418 e. The fourth-order valence-electron chi connectivity index (χ4n) is 1.58. The Kier molecular flexibility index (Phi) is 3.95. The number of hydrogen-bond acceptors (Lipinski definition) is 1. The Hall–Kier alpha value is -0.970. The number of benzene rings is 1. The Bertz CT molecular complexity index is 626. The lowest BCUT2D eigenvalue weighted by Crippen LogP contribution is -2.08. The molecule has 100 valence electrons. The minimum atomic E-state index is -4.56. The van der Waals surface area contributed by atoms with Crippen LogP contribution in [0.3, 0.4) is 0 Å². The first-order valence-electron chi connectivity index (χ1n) is 4.98. The van der Waals surface area contributed by atoms with Crippen LogP contribution in [-0.4, -0.2) is 4.98 Å². The number of nitrogens with zero attached hydrogens (tertiary/aromatic N) is 1. The van der Waals surface area contributed by atoms with Gasteiger partial charge < -0.3 is 0 Å². The van der Waals surface area contributed by atoms with Gasteiger partial charge in [-0.15, -0.1) is 0 Å². The third-order valence-corrected chi connectivity index (χ3v) is 3.51. The van der Waals surface area contributed by atoms with Crippen molar-refractivity contribution in [2.45, 2.75) is 6.18 Å². The molecule has 2 aromatic rings. The van der Waals surface area contributed by atoms with E-state index in [2.05, 4.69) is 4.98 Å². The highest BCUT2D eigenvalue weighted by Gasteiger charge is 2.35. The molecule has 7 heteroatoms. The molecule has 1 aromatic heterocycles. The van der Waals surface area contributed by atoms with Crippen LogP contribution in [0.2, 0.25) is 15.1 Å². The van der Waals surface area contributed by atoms with Gasteiger partial charge in [0.15, 0.2) is 0 Å². The van der Waals surface area contributed by atoms with Gasteiger partial charge in [0.05, 0.1) is 26.3 Å². The molecule has 1 aromatic carbocycles. The van der Waals surface area contributed by atoms with Crippen molar-refractivity contribution in [2.24, 2.45) is 0 Å². The molecule has 0 aliphatic rings. The Morgan fingerprint density at radius 1 is 0.947 bits per heavy atom. The van der Waals surface area contributed by atoms with E-state index >= 15 is 0 Å². The predicted octanol–water partition coefficient (Wildman–Crippen LogP) is 5.73. The van der Waals surface area contributed by atoms with Gasteiger partial charge in [-0.3, -0.25) is 4.98 Å². The highest BCUT2D eigenvalue weighted by Crippen LogP contribution is 2.43. The van der Waals surface area contributed by atoms with Gasteiger partial charge in [0, 0.05) is 11.8 Å². The summed E-state index contributed by atoms with van der Waals surface area (Å²) in [6.45, 7) is 0. The molecule has 0 saturated heterocycles. The van der Waals surface area contributed by atoms with E-state index in [1.807, 2.05) is 0 Å². The zero-order chi connectivity index (χ0) is 14.2. The zero-order valence-electron chi connectivity index (χ0n) is 9.10. The van der Waals surface area contributed by atoms with Gasteiger partial charge in [-0.1, -0.05) is 34.8 Å². The molecule has 0 radical (unpaired) electrons. The van der Waals surface area contributed by atoms with Gasteiger partial charge in [0.25, 0.3) is 0 Å². The first kappa shape index (κ1) is 14.4. The summed E-state index contributed by atoms with van der Waals surface area (Å²) in [7, 11) is 0. The molecule has 0 N–H and O–H groups in total. The van der Waals surface area contributed by atoms with E-state index in [1.165, 1.54) is 24.4 Å². The molecule has 0 aliphatic heterocycles. The van der Waals surface area contributed by atoms with Gasteiger partial charge in [0.1, 0.15) is 0 Å². The maximum Gasteiger partial charge on any atom is 0.418 e. The van der Waals surface area contributed by atoms with Crippen LogP contribution in [0, 0.1) is 0 Å². The van der Waals surface area contributed by atoms with Crippen LogP contribution in [0.1, 0.15) is 5.56 Å². The second-order valence-corrected chi connectivity index (χ2v) is 4.81. The Balaban J connectivity index is 2.77. The van der Waals surface area contributed by atoms with E-state index in [-0.39, 0.29) is 26.3 Å². The molecule has 19 heavy (non-hydrogen) atoms. The second kappa shape index (κ2) is 5.19. The van der Waals surface area contributed by atoms with Gasteiger partial charge in [-0.25, -0.2) is 0 Å². The van der Waals surface area contributed by atoms with Crippen molar-refractivity contribution < 1.29 is 13.2 Å². The summed E-state index contributed by atoms with van der Waals surface area (Å²) in [6, 6.07) is 4.89. The second-order valence-electron chi connectivity index (χ2n) is 3.62. The molecule has 1 heterocycles. The zero-order valence-corrected chi connectivity index (χ0v) is 11.4. The predicted molar refractivity (Wildman–Crippen MR) is 69.7 cm³/mol. The highest BCUT2D eigenvalue weighted by atomic mass is 35.5. The Morgan fingerprint density at radius 3 is 2.21 bits per heavy atom. The van der Waals surface area contributed by atoms with E-state index in [4.69, 9.17) is 34.8 Å². The first-order valence-corrected chi connectivity index (χ1v) is 6.12. The number of pyridine rings is 1. The average molecular weight is 327 g/mol. The molecular weight excluding hydrogens is 321 g/mol. The maximum atomic E-state index is 12.9. The summed E-state index contributed by atoms with van der Waals surface area (Å²) < 4.78 is 38.8. The lowest BCUT2D eigenvalue weighted by Gasteiger charge is -2.14. The molecule has 0 amide bonds. The van der Waals surface area contributed by atoms with Crippen molar-refractivity contribution in [3.63, 3.8) is 0 Å². The van der Waals surface area contributed by atoms with Crippen LogP contribution >= 0.6 is 34.8 Å². The third-order valence-electron chi connectivity index (χ3n) is 2.39. The van der Waals surface area contributed by atoms with Crippen LogP contribution in [-0.2, 0) is 6.18 Å². The Labute approximate surface area is 121 Å². The number of alkyl halides is 3. The van der Waals surface area contributed by atoms with Crippen LogP contribution in [0.4, 0.5) is 13.2 Å². The minimum Gasteiger partial charge on any atom is -0.256 e. The molecular formula is C12H5Cl3F3N. The Morgan fingerprint density at radius 2 is 1.58 bits per heavy atom. The van der Waals surface area contributed by atoms with E-state index in [1.54, 1.807) is 0 Å². The van der Waals surface area contributed by atoms with Gasteiger partial charge in [-0.2, -0.15) is 13.2 Å². The smallest absolute Gasteiger partial charge is 0.256 e. The SMILES string of the molecule is FC(F)(F)c1cccnc1-c1c(Cl)ccc(Cl)c1Cl. The maximum absolute atomic E-state index is 12.9. The molecule has 0 atom stereocenters. The topological polar surface area (TPSA) is 12.9 Å². The minimum absolute atomic E-state index is 0.0243. The fraction of sp³-hybridized carbons (Fsp3) is 0.0833. The standard InChI is InChI=1S/C12H5Cl3F3N/c13-7-3-4-8(14)10(15)9(7)11-6(12(16,17)18)2-1-5-19-11/h1-5H. The number of halogens is 6. The number of hydrogen-bond donors (Lipinski definition) is 0. The van der Waals surface area contributed by atoms with Crippen LogP contribution in [0.25, 0.3) is 11.3 Å². The molecule has 2 rings (SSSR count). The van der Waals surface area contributed by atoms with Crippen molar-refractivity contribution >= 4 is 34.8 Å². The van der Waals surface area contributed by atoms with E-state index < -0.39 is 11.7 Å². The van der Waals surface area contributed by atoms with Crippen molar-refractivity contribution in [3.05, 3.63) is 51.1 Å². The van der Waals surface area contributed by atoms with Crippen LogP contribution in [0.5, 0.6) is 0 Å². The molecule has 0 unspecified atom stereocenters. The molecule has 0 bridgehead atoms. The fourth-order valence-corrected chi connectivity index (χ4v) is 2.28. The molecule has 0 fully saturated rings. The lowest BCUT2D eigenvalue weighted by atomic mass is 10.1. The molecule has 0 saturated carbocycles. The van der Waals surface area contributed by atoms with E-state index in [0.29, 0.717) is 0 Å². The summed E-state index contributed by atoms with van der Waals surface area (Å²) in [5.74, 6) is 0. The van der Waals surface area contributed by atoms with E-state index in [0.717, 1.165) is 6.07 Å². The van der Waals surface area contributed by atoms with Crippen LogP contribution < -0.4 is 0 Å². The summed E-state index contributed by atoms with van der Waals surface area (Å²) in [4.78, 5) is 3.73. The van der Waals surface area contributed by atoms with Crippen LogP contribution in [0.15, 0.2) is 30.5 Å². The van der Waals surface area contributed by atoms with Gasteiger partial charge in [-0.05, 0) is 24.3 Å². The molecule has 0 aliphatic carbocycles. The van der Waals surface area contributed by atoms with Crippen molar-refractivity contribution in [1.29, 1.82) is 0 Å².